The second kappa shape index (κ2) is 8.44. The Hall–Kier alpha value is -2.11. The third-order valence-corrected chi connectivity index (χ3v) is 8.29. The van der Waals surface area contributed by atoms with Gasteiger partial charge in [-0.15, -0.1) is 11.3 Å². The number of Topliss-reactive ketones (excluding diaryl/α,β-unsaturated/α-hetero) is 1. The van der Waals surface area contributed by atoms with Gasteiger partial charge in [0.2, 0.25) is 0 Å². The number of fused-ring (bicyclic) bond motifs is 1. The summed E-state index contributed by atoms with van der Waals surface area (Å²) in [4.78, 5) is 14.8. The van der Waals surface area contributed by atoms with Crippen LogP contribution in [-0.2, 0) is 11.0 Å². The van der Waals surface area contributed by atoms with E-state index in [2.05, 4.69) is 68.4 Å². The van der Waals surface area contributed by atoms with Crippen molar-refractivity contribution in [3.8, 4) is 0 Å². The van der Waals surface area contributed by atoms with E-state index in [0.717, 1.165) is 29.4 Å². The molecule has 1 N–H and O–H groups in total. The predicted molar refractivity (Wildman–Crippen MR) is 130 cm³/mol. The number of ketones is 1. The number of nitrogens with zero attached hydrogens (tertiary/aromatic N) is 2. The lowest BCUT2D eigenvalue weighted by atomic mass is 9.76. The minimum atomic E-state index is -0.202. The Morgan fingerprint density at radius 3 is 2.55 bits per heavy atom. The molecule has 0 saturated heterocycles. The van der Waals surface area contributed by atoms with E-state index in [-0.39, 0.29) is 22.8 Å². The highest BCUT2D eigenvalue weighted by Crippen LogP contribution is 2.44. The molecular formula is C25H30ClN3OS. The average Bonchev–Trinajstić information content (AvgIpc) is 3.39. The maximum Gasteiger partial charge on any atom is 0.169 e. The molecule has 0 amide bonds. The van der Waals surface area contributed by atoms with Gasteiger partial charge in [0.25, 0.3) is 0 Å². The van der Waals surface area contributed by atoms with Crippen molar-refractivity contribution in [2.75, 3.05) is 5.32 Å². The van der Waals surface area contributed by atoms with Gasteiger partial charge in [0.05, 0.1) is 27.7 Å². The van der Waals surface area contributed by atoms with Crippen molar-refractivity contribution in [3.63, 3.8) is 0 Å². The van der Waals surface area contributed by atoms with Crippen LogP contribution in [0.1, 0.15) is 80.2 Å². The zero-order valence-electron chi connectivity index (χ0n) is 18.6. The minimum Gasteiger partial charge on any atom is -0.363 e. The van der Waals surface area contributed by atoms with Gasteiger partial charge in [-0.1, -0.05) is 55.8 Å². The summed E-state index contributed by atoms with van der Waals surface area (Å²) in [6.45, 7) is 8.68. The van der Waals surface area contributed by atoms with Gasteiger partial charge in [-0.2, -0.15) is 5.10 Å². The molecule has 6 heteroatoms. The fourth-order valence-corrected chi connectivity index (χ4v) is 6.15. The monoisotopic (exact) mass is 455 g/mol. The van der Waals surface area contributed by atoms with Crippen molar-refractivity contribution >= 4 is 34.5 Å². The SMILES string of the molecule is CCC(CC)(CC(=O)c1cnn2c1NC(c1ccccc1)CC2(C)C)c1ccc(Cl)s1. The van der Waals surface area contributed by atoms with Crippen molar-refractivity contribution in [3.05, 3.63) is 69.0 Å². The maximum atomic E-state index is 13.6. The van der Waals surface area contributed by atoms with E-state index in [1.165, 1.54) is 10.4 Å². The molecule has 31 heavy (non-hydrogen) atoms. The van der Waals surface area contributed by atoms with Crippen LogP contribution >= 0.6 is 22.9 Å². The Morgan fingerprint density at radius 2 is 1.94 bits per heavy atom. The van der Waals surface area contributed by atoms with E-state index in [9.17, 15) is 4.79 Å². The van der Waals surface area contributed by atoms with E-state index >= 15 is 0 Å². The molecule has 1 aliphatic rings. The minimum absolute atomic E-state index is 0.131. The average molecular weight is 456 g/mol. The molecule has 1 aromatic carbocycles. The number of nitrogens with one attached hydrogen (secondary N) is 1. The summed E-state index contributed by atoms with van der Waals surface area (Å²) < 4.78 is 2.76. The van der Waals surface area contributed by atoms with Gasteiger partial charge in [-0.05, 0) is 50.8 Å². The fraction of sp³-hybridized carbons (Fsp3) is 0.440. The number of carbonyl (C=O) groups is 1. The second-order valence-electron chi connectivity index (χ2n) is 9.13. The summed E-state index contributed by atoms with van der Waals surface area (Å²) in [5.41, 5.74) is 1.52. The van der Waals surface area contributed by atoms with Gasteiger partial charge >= 0.3 is 0 Å². The first-order chi connectivity index (χ1) is 14.8. The van der Waals surface area contributed by atoms with Crippen LogP contribution in [0.15, 0.2) is 48.7 Å². The largest absolute Gasteiger partial charge is 0.363 e. The molecule has 2 aromatic heterocycles. The second-order valence-corrected chi connectivity index (χ2v) is 10.8. The fourth-order valence-electron chi connectivity index (χ4n) is 4.78. The molecule has 1 unspecified atom stereocenters. The Kier molecular flexibility index (Phi) is 6.01. The number of hydrogen-bond acceptors (Lipinski definition) is 4. The highest BCUT2D eigenvalue weighted by molar-refractivity contribution is 7.16. The molecule has 4 rings (SSSR count). The lowest BCUT2D eigenvalue weighted by Gasteiger charge is -2.38. The summed E-state index contributed by atoms with van der Waals surface area (Å²) in [6, 6.07) is 14.6. The van der Waals surface area contributed by atoms with Gasteiger partial charge in [0, 0.05) is 16.7 Å². The number of rotatable bonds is 7. The van der Waals surface area contributed by atoms with Crippen LogP contribution in [0.3, 0.4) is 0 Å². The topological polar surface area (TPSA) is 46.9 Å². The zero-order chi connectivity index (χ0) is 22.2. The molecule has 1 aliphatic heterocycles. The molecule has 164 valence electrons. The molecular weight excluding hydrogens is 426 g/mol. The van der Waals surface area contributed by atoms with Crippen LogP contribution < -0.4 is 5.32 Å². The van der Waals surface area contributed by atoms with E-state index in [1.807, 2.05) is 16.8 Å². The highest BCUT2D eigenvalue weighted by atomic mass is 35.5. The molecule has 0 spiro atoms. The number of benzene rings is 1. The smallest absolute Gasteiger partial charge is 0.169 e. The Bertz CT molecular complexity index is 1070. The molecule has 4 nitrogen and oxygen atoms in total. The van der Waals surface area contributed by atoms with Crippen LogP contribution in [0, 0.1) is 0 Å². The number of thiophene rings is 1. The molecule has 1 atom stereocenters. The molecule has 3 heterocycles. The van der Waals surface area contributed by atoms with Crippen LogP contribution in [0.4, 0.5) is 5.82 Å². The number of aromatic nitrogens is 2. The van der Waals surface area contributed by atoms with Crippen molar-refractivity contribution < 1.29 is 4.79 Å². The predicted octanol–water partition coefficient (Wildman–Crippen LogP) is 7.22. The van der Waals surface area contributed by atoms with Crippen LogP contribution in [0.5, 0.6) is 0 Å². The van der Waals surface area contributed by atoms with Crippen molar-refractivity contribution in [2.24, 2.45) is 0 Å². The summed E-state index contributed by atoms with van der Waals surface area (Å²) >= 11 is 7.81. The molecule has 3 aromatic rings. The number of carbonyl (C=O) groups excluding carboxylic acids is 1. The van der Waals surface area contributed by atoms with E-state index in [4.69, 9.17) is 11.6 Å². The normalized spacial score (nSPS) is 17.8. The first kappa shape index (κ1) is 22.1. The highest BCUT2D eigenvalue weighted by Gasteiger charge is 2.39. The Morgan fingerprint density at radius 1 is 1.23 bits per heavy atom. The summed E-state index contributed by atoms with van der Waals surface area (Å²) in [5, 5.41) is 8.26. The third kappa shape index (κ3) is 4.06. The maximum absolute atomic E-state index is 13.6. The van der Waals surface area contributed by atoms with Crippen molar-refractivity contribution in [1.29, 1.82) is 0 Å². The van der Waals surface area contributed by atoms with Gasteiger partial charge in [0.15, 0.2) is 5.78 Å². The Labute approximate surface area is 193 Å². The van der Waals surface area contributed by atoms with Crippen LogP contribution in [0.2, 0.25) is 4.34 Å². The molecule has 0 bridgehead atoms. The van der Waals surface area contributed by atoms with Gasteiger partial charge in [-0.3, -0.25) is 4.79 Å². The summed E-state index contributed by atoms with van der Waals surface area (Å²) in [5.74, 6) is 0.965. The van der Waals surface area contributed by atoms with Crippen molar-refractivity contribution in [2.45, 2.75) is 70.4 Å². The summed E-state index contributed by atoms with van der Waals surface area (Å²) in [6.07, 6.45) is 4.88. The van der Waals surface area contributed by atoms with Gasteiger partial charge in [0.1, 0.15) is 5.82 Å². The van der Waals surface area contributed by atoms with Crippen LogP contribution in [0.25, 0.3) is 0 Å². The third-order valence-electron chi connectivity index (χ3n) is 6.81. The number of anilines is 1. The lowest BCUT2D eigenvalue weighted by molar-refractivity contribution is 0.0946. The van der Waals surface area contributed by atoms with Crippen molar-refractivity contribution in [1.82, 2.24) is 9.78 Å². The number of halogens is 1. The molecule has 0 fully saturated rings. The van der Waals surface area contributed by atoms with Crippen LogP contribution in [-0.4, -0.2) is 15.6 Å². The molecule has 0 saturated carbocycles. The standard InChI is InChI=1S/C25H30ClN3OS/c1-5-25(6-2,21-12-13-22(26)31-21)15-20(30)18-16-27-29-23(18)28-19(14-24(29,3)4)17-10-8-7-9-11-17/h7-13,16,19,28H,5-6,14-15H2,1-4H3. The molecule has 0 radical (unpaired) electrons. The Balaban J connectivity index is 1.67. The quantitative estimate of drug-likeness (QED) is 0.382. The summed E-state index contributed by atoms with van der Waals surface area (Å²) in [7, 11) is 0. The first-order valence-corrected chi connectivity index (χ1v) is 12.2. The number of hydrogen-bond donors (Lipinski definition) is 1. The van der Waals surface area contributed by atoms with E-state index < -0.39 is 0 Å². The first-order valence-electron chi connectivity index (χ1n) is 11.0. The van der Waals surface area contributed by atoms with Gasteiger partial charge in [-0.25, -0.2) is 4.68 Å². The van der Waals surface area contributed by atoms with Gasteiger partial charge < -0.3 is 5.32 Å². The van der Waals surface area contributed by atoms with E-state index in [0.29, 0.717) is 12.0 Å². The lowest BCUT2D eigenvalue weighted by Crippen LogP contribution is -2.38. The molecule has 0 aliphatic carbocycles. The zero-order valence-corrected chi connectivity index (χ0v) is 20.2. The van der Waals surface area contributed by atoms with E-state index in [1.54, 1.807) is 17.5 Å².